The van der Waals surface area contributed by atoms with E-state index in [1.54, 1.807) is 0 Å². The standard InChI is InChI=1S/C13H13F4NO/c14-11-4-1-5-12(10(11)8-19)18-6-2-3-9(7-18)13(15,16)17/h1,4-5,8-9H,2-3,6-7H2. The summed E-state index contributed by atoms with van der Waals surface area (Å²) in [7, 11) is 0. The van der Waals surface area contributed by atoms with Gasteiger partial charge in [0, 0.05) is 13.1 Å². The Morgan fingerprint density at radius 2 is 2.05 bits per heavy atom. The van der Waals surface area contributed by atoms with Gasteiger partial charge in [-0.2, -0.15) is 13.2 Å². The first-order valence-corrected chi connectivity index (χ1v) is 5.99. The van der Waals surface area contributed by atoms with E-state index in [9.17, 15) is 22.4 Å². The first-order valence-electron chi connectivity index (χ1n) is 5.99. The normalized spacial score (nSPS) is 20.4. The summed E-state index contributed by atoms with van der Waals surface area (Å²) in [6, 6.07) is 4.00. The van der Waals surface area contributed by atoms with E-state index in [1.807, 2.05) is 0 Å². The number of anilines is 1. The van der Waals surface area contributed by atoms with E-state index in [2.05, 4.69) is 0 Å². The zero-order valence-electron chi connectivity index (χ0n) is 10.1. The Hall–Kier alpha value is -1.59. The van der Waals surface area contributed by atoms with Gasteiger partial charge in [0.25, 0.3) is 0 Å². The van der Waals surface area contributed by atoms with Crippen LogP contribution in [0.25, 0.3) is 0 Å². The van der Waals surface area contributed by atoms with Crippen molar-refractivity contribution in [2.75, 3.05) is 18.0 Å². The maximum absolute atomic E-state index is 13.5. The van der Waals surface area contributed by atoms with E-state index in [1.165, 1.54) is 17.0 Å². The van der Waals surface area contributed by atoms with E-state index in [0.29, 0.717) is 19.3 Å². The summed E-state index contributed by atoms with van der Waals surface area (Å²) in [5.41, 5.74) is 0.0641. The Bertz CT molecular complexity index is 472. The Morgan fingerprint density at radius 1 is 1.32 bits per heavy atom. The van der Waals surface area contributed by atoms with E-state index < -0.39 is 17.9 Å². The van der Waals surface area contributed by atoms with Gasteiger partial charge in [0.1, 0.15) is 5.82 Å². The molecule has 2 rings (SSSR count). The molecule has 2 nitrogen and oxygen atoms in total. The lowest BCUT2D eigenvalue weighted by Gasteiger charge is -2.35. The summed E-state index contributed by atoms with van der Waals surface area (Å²) >= 11 is 0. The van der Waals surface area contributed by atoms with E-state index in [4.69, 9.17) is 0 Å². The number of halogens is 4. The molecule has 1 heterocycles. The number of aldehydes is 1. The van der Waals surface area contributed by atoms with Gasteiger partial charge in [0.15, 0.2) is 6.29 Å². The van der Waals surface area contributed by atoms with Crippen LogP contribution in [0.5, 0.6) is 0 Å². The smallest absolute Gasteiger partial charge is 0.370 e. The van der Waals surface area contributed by atoms with E-state index in [0.717, 1.165) is 6.07 Å². The van der Waals surface area contributed by atoms with Crippen LogP contribution in [0, 0.1) is 11.7 Å². The Morgan fingerprint density at radius 3 is 2.68 bits per heavy atom. The summed E-state index contributed by atoms with van der Waals surface area (Å²) in [6.45, 7) is 0.171. The third-order valence-electron chi connectivity index (χ3n) is 3.37. The van der Waals surface area contributed by atoms with Crippen molar-refractivity contribution in [3.8, 4) is 0 Å². The molecule has 1 saturated heterocycles. The minimum atomic E-state index is -4.26. The van der Waals surface area contributed by atoms with Gasteiger partial charge in [-0.25, -0.2) is 4.39 Å². The fraction of sp³-hybridized carbons (Fsp3) is 0.462. The molecule has 0 saturated carbocycles. The minimum absolute atomic E-state index is 0.0751. The number of hydrogen-bond donors (Lipinski definition) is 0. The summed E-state index contributed by atoms with van der Waals surface area (Å²) in [6.07, 6.45) is -3.46. The van der Waals surface area contributed by atoms with Crippen LogP contribution in [-0.4, -0.2) is 25.6 Å². The molecule has 1 fully saturated rings. The monoisotopic (exact) mass is 275 g/mol. The summed E-state index contributed by atoms with van der Waals surface area (Å²) in [5.74, 6) is -2.13. The van der Waals surface area contributed by atoms with Gasteiger partial charge in [0.05, 0.1) is 17.2 Å². The molecular weight excluding hydrogens is 262 g/mol. The topological polar surface area (TPSA) is 20.3 Å². The van der Waals surface area contributed by atoms with Crippen molar-refractivity contribution >= 4 is 12.0 Å². The molecule has 0 spiro atoms. The number of piperidine rings is 1. The highest BCUT2D eigenvalue weighted by molar-refractivity contribution is 5.85. The Balaban J connectivity index is 2.27. The van der Waals surface area contributed by atoms with Crippen LogP contribution in [0.2, 0.25) is 0 Å². The zero-order valence-corrected chi connectivity index (χ0v) is 10.1. The molecule has 0 radical (unpaired) electrons. The Kier molecular flexibility index (Phi) is 3.78. The molecule has 1 unspecified atom stereocenters. The molecule has 1 aliphatic rings. The fourth-order valence-corrected chi connectivity index (χ4v) is 2.38. The molecule has 0 amide bonds. The fourth-order valence-electron chi connectivity index (χ4n) is 2.38. The van der Waals surface area contributed by atoms with Crippen LogP contribution in [0.3, 0.4) is 0 Å². The number of hydrogen-bond acceptors (Lipinski definition) is 2. The maximum Gasteiger partial charge on any atom is 0.393 e. The Labute approximate surface area is 108 Å². The van der Waals surface area contributed by atoms with Gasteiger partial charge < -0.3 is 4.90 Å². The first-order chi connectivity index (χ1) is 8.93. The van der Waals surface area contributed by atoms with Crippen molar-refractivity contribution in [3.63, 3.8) is 0 Å². The maximum atomic E-state index is 13.5. The predicted octanol–water partition coefficient (Wildman–Crippen LogP) is 3.42. The van der Waals surface area contributed by atoms with Crippen LogP contribution >= 0.6 is 0 Å². The molecule has 1 aromatic rings. The molecule has 1 atom stereocenters. The molecule has 1 aromatic carbocycles. The first kappa shape index (κ1) is 13.8. The van der Waals surface area contributed by atoms with Crippen LogP contribution in [0.1, 0.15) is 23.2 Å². The van der Waals surface area contributed by atoms with E-state index in [-0.39, 0.29) is 24.2 Å². The highest BCUT2D eigenvalue weighted by Gasteiger charge is 2.42. The van der Waals surface area contributed by atoms with Crippen molar-refractivity contribution in [3.05, 3.63) is 29.6 Å². The minimum Gasteiger partial charge on any atom is -0.370 e. The van der Waals surface area contributed by atoms with Crippen molar-refractivity contribution in [1.29, 1.82) is 0 Å². The zero-order chi connectivity index (χ0) is 14.0. The highest BCUT2D eigenvalue weighted by atomic mass is 19.4. The number of benzene rings is 1. The predicted molar refractivity (Wildman–Crippen MR) is 62.8 cm³/mol. The molecule has 0 N–H and O–H groups in total. The lowest BCUT2D eigenvalue weighted by atomic mass is 9.96. The summed E-state index contributed by atoms with van der Waals surface area (Å²) in [4.78, 5) is 12.3. The molecule has 6 heteroatoms. The van der Waals surface area contributed by atoms with Crippen molar-refractivity contribution in [1.82, 2.24) is 0 Å². The lowest BCUT2D eigenvalue weighted by Crippen LogP contribution is -2.42. The van der Waals surface area contributed by atoms with Gasteiger partial charge >= 0.3 is 6.18 Å². The average molecular weight is 275 g/mol. The quantitative estimate of drug-likeness (QED) is 0.609. The number of nitrogens with zero attached hydrogens (tertiary/aromatic N) is 1. The van der Waals surface area contributed by atoms with Gasteiger partial charge in [0.2, 0.25) is 0 Å². The number of rotatable bonds is 2. The number of alkyl halides is 3. The van der Waals surface area contributed by atoms with Crippen LogP contribution in [0.4, 0.5) is 23.2 Å². The second-order valence-electron chi connectivity index (χ2n) is 4.62. The van der Waals surface area contributed by atoms with E-state index >= 15 is 0 Å². The summed E-state index contributed by atoms with van der Waals surface area (Å²) < 4.78 is 51.6. The van der Waals surface area contributed by atoms with Gasteiger partial charge in [-0.3, -0.25) is 4.79 Å². The SMILES string of the molecule is O=Cc1c(F)cccc1N1CCCC(C(F)(F)F)C1. The highest BCUT2D eigenvalue weighted by Crippen LogP contribution is 2.35. The molecule has 0 aromatic heterocycles. The third-order valence-corrected chi connectivity index (χ3v) is 3.37. The third kappa shape index (κ3) is 2.88. The number of carbonyl (C=O) groups excluding carboxylic acids is 1. The molecule has 1 aliphatic heterocycles. The van der Waals surface area contributed by atoms with Crippen LogP contribution < -0.4 is 4.90 Å². The molecule has 0 aliphatic carbocycles. The van der Waals surface area contributed by atoms with Crippen LogP contribution in [-0.2, 0) is 0 Å². The number of carbonyl (C=O) groups is 1. The molecular formula is C13H13F4NO. The van der Waals surface area contributed by atoms with Crippen molar-refractivity contribution in [2.45, 2.75) is 19.0 Å². The average Bonchev–Trinajstić information content (AvgIpc) is 2.37. The largest absolute Gasteiger partial charge is 0.393 e. The second-order valence-corrected chi connectivity index (χ2v) is 4.62. The lowest BCUT2D eigenvalue weighted by molar-refractivity contribution is -0.175. The molecule has 104 valence electrons. The van der Waals surface area contributed by atoms with Crippen molar-refractivity contribution < 1.29 is 22.4 Å². The molecule has 19 heavy (non-hydrogen) atoms. The molecule has 0 bridgehead atoms. The van der Waals surface area contributed by atoms with Gasteiger partial charge in [-0.05, 0) is 25.0 Å². The summed E-state index contributed by atoms with van der Waals surface area (Å²) in [5, 5.41) is 0. The van der Waals surface area contributed by atoms with Gasteiger partial charge in [-0.1, -0.05) is 6.07 Å². The van der Waals surface area contributed by atoms with Gasteiger partial charge in [-0.15, -0.1) is 0 Å². The van der Waals surface area contributed by atoms with Crippen LogP contribution in [0.15, 0.2) is 18.2 Å². The second kappa shape index (κ2) is 5.19. The van der Waals surface area contributed by atoms with Crippen molar-refractivity contribution in [2.24, 2.45) is 5.92 Å².